The average molecular weight is 783 g/mol. The fraction of sp³-hybridized carbons (Fsp3) is 0.409. The smallest absolute Gasteiger partial charge is 0.329 e. The van der Waals surface area contributed by atoms with E-state index in [1.54, 1.807) is 17.2 Å². The van der Waals surface area contributed by atoms with Crippen LogP contribution in [0.5, 0.6) is 5.75 Å². The molecule has 3 N–H and O–H groups in total. The number of carbonyl (C=O) groups excluding carboxylic acids is 4. The van der Waals surface area contributed by atoms with Crippen LogP contribution in [0.3, 0.4) is 0 Å². The molecule has 13 heteroatoms. The number of aryl methyl sites for hydroxylation is 1. The summed E-state index contributed by atoms with van der Waals surface area (Å²) in [6, 6.07) is 21.0. The Bertz CT molecular complexity index is 1950. The highest BCUT2D eigenvalue weighted by Gasteiger charge is 2.30. The van der Waals surface area contributed by atoms with Gasteiger partial charge in [0.05, 0.1) is 18.6 Å². The number of hydrazine groups is 1. The minimum atomic E-state index is -1.03. The Morgan fingerprint density at radius 1 is 0.912 bits per heavy atom. The van der Waals surface area contributed by atoms with Gasteiger partial charge in [-0.2, -0.15) is 0 Å². The van der Waals surface area contributed by atoms with Crippen molar-refractivity contribution < 1.29 is 33.4 Å². The van der Waals surface area contributed by atoms with Crippen molar-refractivity contribution in [2.24, 2.45) is 7.05 Å². The Morgan fingerprint density at radius 2 is 1.60 bits per heavy atom. The van der Waals surface area contributed by atoms with Gasteiger partial charge < -0.3 is 34.3 Å². The number of fused-ring (bicyclic) bond motifs is 1. The molecule has 4 rings (SSSR count). The number of nitrogens with zero attached hydrogens (tertiary/aromatic N) is 3. The van der Waals surface area contributed by atoms with Crippen LogP contribution in [0.1, 0.15) is 68.6 Å². The number of para-hydroxylation sites is 1. The zero-order valence-corrected chi connectivity index (χ0v) is 34.3. The number of hydrogen-bond acceptors (Lipinski definition) is 8. The number of Topliss-reactive ketones (excluding diaryl/α,β-unsaturated/α-hetero) is 1. The monoisotopic (exact) mass is 782 g/mol. The molecule has 3 aromatic carbocycles. The molecule has 1 heterocycles. The molecule has 0 saturated carbocycles. The average Bonchev–Trinajstić information content (AvgIpc) is 3.51. The van der Waals surface area contributed by atoms with E-state index < -0.39 is 29.9 Å². The van der Waals surface area contributed by atoms with Gasteiger partial charge in [-0.3, -0.25) is 19.8 Å². The van der Waals surface area contributed by atoms with Crippen LogP contribution in [0.4, 0.5) is 4.79 Å². The normalized spacial score (nSPS) is 12.0. The predicted molar refractivity (Wildman–Crippen MR) is 221 cm³/mol. The number of hydrogen-bond donors (Lipinski definition) is 3. The minimum absolute atomic E-state index is 0.0613. The lowest BCUT2D eigenvalue weighted by molar-refractivity contribution is -0.161. The maximum Gasteiger partial charge on any atom is 0.329 e. The van der Waals surface area contributed by atoms with E-state index in [9.17, 15) is 19.2 Å². The zero-order chi connectivity index (χ0) is 41.5. The molecular weight excluding hydrogens is 725 g/mol. The van der Waals surface area contributed by atoms with E-state index in [0.29, 0.717) is 31.1 Å². The fourth-order valence-corrected chi connectivity index (χ4v) is 6.49. The van der Waals surface area contributed by atoms with E-state index in [1.165, 1.54) is 11.9 Å². The van der Waals surface area contributed by atoms with E-state index in [0.717, 1.165) is 27.6 Å². The van der Waals surface area contributed by atoms with Crippen LogP contribution < -0.4 is 20.8 Å². The highest BCUT2D eigenvalue weighted by molar-refractivity contribution is 6.07. The molecule has 4 aromatic rings. The fourth-order valence-electron chi connectivity index (χ4n) is 6.49. The number of ether oxygens (including phenoxy) is 3. The van der Waals surface area contributed by atoms with Crippen molar-refractivity contribution in [2.45, 2.75) is 79.0 Å². The summed E-state index contributed by atoms with van der Waals surface area (Å²) in [5.74, 6) is -0.250. The number of amides is 4. The molecule has 0 aliphatic rings. The number of urea groups is 1. The molecule has 0 spiro atoms. The van der Waals surface area contributed by atoms with Crippen molar-refractivity contribution in [3.8, 4) is 5.75 Å². The van der Waals surface area contributed by atoms with Crippen molar-refractivity contribution in [3.05, 3.63) is 114 Å². The van der Waals surface area contributed by atoms with Gasteiger partial charge in [-0.05, 0) is 70.4 Å². The Balaban J connectivity index is 1.65. The number of rotatable bonds is 21. The lowest BCUT2D eigenvalue weighted by atomic mass is 10.0. The molecule has 1 unspecified atom stereocenters. The van der Waals surface area contributed by atoms with Gasteiger partial charge >= 0.3 is 6.03 Å². The third kappa shape index (κ3) is 13.6. The van der Waals surface area contributed by atoms with Gasteiger partial charge in [-0.15, -0.1) is 6.58 Å². The molecule has 0 bridgehead atoms. The van der Waals surface area contributed by atoms with Crippen LogP contribution in [0.15, 0.2) is 91.6 Å². The SMILES string of the molecule is C=CCN(CC(=O)NC(Cc1ccc(OC(C)(C)C)cc1)C(=O)N(Cc1cccc2c(C(C)=O)cn(C)c12)CC(OCC)OCC)NC(=O)NCc1ccccc1. The molecule has 0 saturated heterocycles. The predicted octanol–water partition coefficient (Wildman–Crippen LogP) is 5.92. The first-order valence-corrected chi connectivity index (χ1v) is 19.3. The second-order valence-corrected chi connectivity index (χ2v) is 14.7. The minimum Gasteiger partial charge on any atom is -0.488 e. The number of carbonyl (C=O) groups is 4. The van der Waals surface area contributed by atoms with Gasteiger partial charge in [0.25, 0.3) is 0 Å². The van der Waals surface area contributed by atoms with E-state index in [-0.39, 0.29) is 44.3 Å². The Hall–Kier alpha value is -5.50. The largest absolute Gasteiger partial charge is 0.488 e. The summed E-state index contributed by atoms with van der Waals surface area (Å²) in [5.41, 5.74) is 6.24. The number of ketones is 1. The van der Waals surface area contributed by atoms with Crippen LogP contribution >= 0.6 is 0 Å². The quantitative estimate of drug-likeness (QED) is 0.0410. The lowest BCUT2D eigenvalue weighted by Crippen LogP contribution is -2.55. The molecule has 0 aliphatic carbocycles. The summed E-state index contributed by atoms with van der Waals surface area (Å²) in [6.07, 6.45) is 2.78. The second kappa shape index (κ2) is 21.1. The Morgan fingerprint density at radius 3 is 2.21 bits per heavy atom. The van der Waals surface area contributed by atoms with Gasteiger partial charge in [0.1, 0.15) is 17.4 Å². The summed E-state index contributed by atoms with van der Waals surface area (Å²) in [7, 11) is 1.87. The van der Waals surface area contributed by atoms with Gasteiger partial charge in [0.2, 0.25) is 11.8 Å². The van der Waals surface area contributed by atoms with Crippen molar-refractivity contribution >= 4 is 34.5 Å². The van der Waals surface area contributed by atoms with Gasteiger partial charge in [-0.25, -0.2) is 9.80 Å². The van der Waals surface area contributed by atoms with Crippen LogP contribution in [-0.2, 0) is 45.6 Å². The molecule has 57 heavy (non-hydrogen) atoms. The number of aromatic nitrogens is 1. The van der Waals surface area contributed by atoms with E-state index in [2.05, 4.69) is 22.6 Å². The van der Waals surface area contributed by atoms with Crippen molar-refractivity contribution in [1.29, 1.82) is 0 Å². The molecule has 13 nitrogen and oxygen atoms in total. The molecule has 0 aliphatic heterocycles. The molecule has 1 aromatic heterocycles. The van der Waals surface area contributed by atoms with Crippen LogP contribution in [0.2, 0.25) is 0 Å². The van der Waals surface area contributed by atoms with Crippen molar-refractivity contribution in [2.75, 3.05) is 32.8 Å². The van der Waals surface area contributed by atoms with Crippen LogP contribution in [0, 0.1) is 0 Å². The number of benzene rings is 3. The highest BCUT2D eigenvalue weighted by atomic mass is 16.7. The standard InChI is InChI=1S/C44H58N6O7/c1-9-24-50(47-43(54)45-26-33-16-13-12-14-17-33)29-39(52)46-38(25-32-20-22-35(23-21-32)57-44(5,6)7)42(53)49(30-40(55-10-2)56-11-3)27-34-18-15-19-36-37(31(4)51)28-48(8)41(34)36/h9,12-23,28,38,40H,1,10-11,24-27,29-30H2,2-8H3,(H,46,52)(H2,45,47,54). The summed E-state index contributed by atoms with van der Waals surface area (Å²) < 4.78 is 19.7. The third-order valence-corrected chi connectivity index (χ3v) is 8.87. The van der Waals surface area contributed by atoms with E-state index in [4.69, 9.17) is 14.2 Å². The molecule has 1 atom stereocenters. The van der Waals surface area contributed by atoms with E-state index in [1.807, 2.05) is 119 Å². The summed E-state index contributed by atoms with van der Waals surface area (Å²) in [5, 5.41) is 7.97. The maximum atomic E-state index is 14.9. The Labute approximate surface area is 336 Å². The summed E-state index contributed by atoms with van der Waals surface area (Å²) in [6.45, 7) is 16.0. The molecule has 306 valence electrons. The first kappa shape index (κ1) is 44.2. The summed E-state index contributed by atoms with van der Waals surface area (Å²) >= 11 is 0. The van der Waals surface area contributed by atoms with Crippen LogP contribution in [0.25, 0.3) is 10.9 Å². The Kier molecular flexibility index (Phi) is 16.4. The molecule has 4 amide bonds. The second-order valence-electron chi connectivity index (χ2n) is 14.7. The first-order valence-electron chi connectivity index (χ1n) is 19.3. The van der Waals surface area contributed by atoms with Gasteiger partial charge in [-0.1, -0.05) is 66.7 Å². The number of nitrogens with one attached hydrogen (secondary N) is 3. The van der Waals surface area contributed by atoms with Crippen molar-refractivity contribution in [1.82, 2.24) is 30.5 Å². The topological polar surface area (TPSA) is 143 Å². The molecular formula is C44H58N6O7. The molecule has 0 radical (unpaired) electrons. The van der Waals surface area contributed by atoms with Gasteiger partial charge in [0, 0.05) is 63.5 Å². The highest BCUT2D eigenvalue weighted by Crippen LogP contribution is 2.27. The maximum absolute atomic E-state index is 14.9. The lowest BCUT2D eigenvalue weighted by Gasteiger charge is -2.32. The van der Waals surface area contributed by atoms with Crippen molar-refractivity contribution in [3.63, 3.8) is 0 Å². The first-order chi connectivity index (χ1) is 27.2. The zero-order valence-electron chi connectivity index (χ0n) is 34.3. The van der Waals surface area contributed by atoms with Gasteiger partial charge in [0.15, 0.2) is 12.1 Å². The molecule has 0 fully saturated rings. The van der Waals surface area contributed by atoms with Crippen LogP contribution in [-0.4, -0.2) is 88.9 Å². The summed E-state index contributed by atoms with van der Waals surface area (Å²) in [4.78, 5) is 55.8. The van der Waals surface area contributed by atoms with E-state index >= 15 is 0 Å². The third-order valence-electron chi connectivity index (χ3n) is 8.87.